The van der Waals surface area contributed by atoms with Crippen molar-refractivity contribution in [3.8, 4) is 0 Å². The Bertz CT molecular complexity index is 448. The van der Waals surface area contributed by atoms with Gasteiger partial charge in [-0.3, -0.25) is 9.78 Å². The van der Waals surface area contributed by atoms with Crippen LogP contribution in [0.1, 0.15) is 49.9 Å². The predicted octanol–water partition coefficient (Wildman–Crippen LogP) is 3.07. The second kappa shape index (κ2) is 5.80. The Hall–Kier alpha value is -1.64. The second-order valence-corrected chi connectivity index (χ2v) is 4.95. The number of aryl methyl sites for hydroxylation is 1. The predicted molar refractivity (Wildman–Crippen MR) is 72.1 cm³/mol. The van der Waals surface area contributed by atoms with E-state index in [4.69, 9.17) is 0 Å². The lowest BCUT2D eigenvalue weighted by atomic mass is 10.1. The third-order valence-electron chi connectivity index (χ3n) is 3.33. The minimum Gasteiger partial charge on any atom is -0.349 e. The highest BCUT2D eigenvalue weighted by atomic mass is 16.1. The SMILES string of the molecule is Cc1ccc(C(C)NC(=O)CC2=CCCC2)cn1. The molecular weight excluding hydrogens is 224 g/mol. The van der Waals surface area contributed by atoms with Crippen molar-refractivity contribution in [2.24, 2.45) is 0 Å². The molecule has 0 aliphatic heterocycles. The van der Waals surface area contributed by atoms with Gasteiger partial charge in [-0.05, 0) is 44.7 Å². The maximum atomic E-state index is 11.9. The molecule has 1 aliphatic rings. The molecular formula is C15H20N2O. The molecule has 1 aromatic rings. The van der Waals surface area contributed by atoms with E-state index in [1.54, 1.807) is 0 Å². The first kappa shape index (κ1) is 12.8. The van der Waals surface area contributed by atoms with Crippen LogP contribution in [0.5, 0.6) is 0 Å². The van der Waals surface area contributed by atoms with E-state index in [2.05, 4.69) is 16.4 Å². The summed E-state index contributed by atoms with van der Waals surface area (Å²) in [4.78, 5) is 16.1. The smallest absolute Gasteiger partial charge is 0.224 e. The summed E-state index contributed by atoms with van der Waals surface area (Å²) in [5.41, 5.74) is 3.32. The van der Waals surface area contributed by atoms with Gasteiger partial charge in [0.25, 0.3) is 0 Å². The molecule has 1 aliphatic carbocycles. The number of hydrogen-bond donors (Lipinski definition) is 1. The Balaban J connectivity index is 1.88. The van der Waals surface area contributed by atoms with Gasteiger partial charge in [0.05, 0.1) is 6.04 Å². The highest BCUT2D eigenvalue weighted by molar-refractivity contribution is 5.79. The van der Waals surface area contributed by atoms with Crippen LogP contribution >= 0.6 is 0 Å². The van der Waals surface area contributed by atoms with Crippen LogP contribution < -0.4 is 5.32 Å². The molecule has 3 heteroatoms. The van der Waals surface area contributed by atoms with Gasteiger partial charge in [-0.2, -0.15) is 0 Å². The molecule has 0 spiro atoms. The summed E-state index contributed by atoms with van der Waals surface area (Å²) in [5.74, 6) is 0.108. The van der Waals surface area contributed by atoms with Gasteiger partial charge >= 0.3 is 0 Å². The summed E-state index contributed by atoms with van der Waals surface area (Å²) in [6.45, 7) is 3.95. The van der Waals surface area contributed by atoms with Gasteiger partial charge in [0.2, 0.25) is 5.91 Å². The number of pyridine rings is 1. The number of nitrogens with one attached hydrogen (secondary N) is 1. The largest absolute Gasteiger partial charge is 0.349 e. The summed E-state index contributed by atoms with van der Waals surface area (Å²) >= 11 is 0. The number of carbonyl (C=O) groups is 1. The van der Waals surface area contributed by atoms with Crippen molar-refractivity contribution in [2.75, 3.05) is 0 Å². The van der Waals surface area contributed by atoms with E-state index in [0.29, 0.717) is 6.42 Å². The van der Waals surface area contributed by atoms with Crippen LogP contribution in [0.15, 0.2) is 30.0 Å². The van der Waals surface area contributed by atoms with Crippen molar-refractivity contribution in [3.63, 3.8) is 0 Å². The summed E-state index contributed by atoms with van der Waals surface area (Å²) < 4.78 is 0. The number of allylic oxidation sites excluding steroid dienone is 1. The van der Waals surface area contributed by atoms with Crippen molar-refractivity contribution in [3.05, 3.63) is 41.2 Å². The zero-order valence-electron chi connectivity index (χ0n) is 11.1. The summed E-state index contributed by atoms with van der Waals surface area (Å²) in [6.07, 6.45) is 7.96. The molecule has 1 heterocycles. The Morgan fingerprint density at radius 1 is 1.50 bits per heavy atom. The summed E-state index contributed by atoms with van der Waals surface area (Å²) in [7, 11) is 0. The molecule has 1 atom stereocenters. The quantitative estimate of drug-likeness (QED) is 0.827. The van der Waals surface area contributed by atoms with E-state index in [1.807, 2.05) is 32.2 Å². The topological polar surface area (TPSA) is 42.0 Å². The van der Waals surface area contributed by atoms with Crippen LogP contribution in [0, 0.1) is 6.92 Å². The molecule has 3 nitrogen and oxygen atoms in total. The number of rotatable bonds is 4. The van der Waals surface area contributed by atoms with Gasteiger partial charge < -0.3 is 5.32 Å². The molecule has 1 amide bonds. The Labute approximate surface area is 108 Å². The molecule has 18 heavy (non-hydrogen) atoms. The second-order valence-electron chi connectivity index (χ2n) is 4.95. The maximum absolute atomic E-state index is 11.9. The first-order chi connectivity index (χ1) is 8.65. The van der Waals surface area contributed by atoms with Crippen LogP contribution in [0.25, 0.3) is 0 Å². The van der Waals surface area contributed by atoms with E-state index < -0.39 is 0 Å². The summed E-state index contributed by atoms with van der Waals surface area (Å²) in [6, 6.07) is 4.01. The number of aromatic nitrogens is 1. The van der Waals surface area contributed by atoms with E-state index in [1.165, 1.54) is 12.0 Å². The van der Waals surface area contributed by atoms with Gasteiger partial charge in [-0.15, -0.1) is 0 Å². The molecule has 0 fully saturated rings. The zero-order valence-corrected chi connectivity index (χ0v) is 11.1. The van der Waals surface area contributed by atoms with E-state index in [-0.39, 0.29) is 11.9 Å². The van der Waals surface area contributed by atoms with Gasteiger partial charge in [0, 0.05) is 18.3 Å². The van der Waals surface area contributed by atoms with Crippen molar-refractivity contribution in [2.45, 2.75) is 45.6 Å². The molecule has 1 unspecified atom stereocenters. The molecule has 0 saturated carbocycles. The fourth-order valence-corrected chi connectivity index (χ4v) is 2.22. The van der Waals surface area contributed by atoms with Gasteiger partial charge in [-0.25, -0.2) is 0 Å². The Kier molecular flexibility index (Phi) is 4.13. The van der Waals surface area contributed by atoms with Gasteiger partial charge in [0.1, 0.15) is 0 Å². The molecule has 0 aromatic carbocycles. The lowest BCUT2D eigenvalue weighted by molar-refractivity contribution is -0.121. The first-order valence-corrected chi connectivity index (χ1v) is 6.55. The number of hydrogen-bond acceptors (Lipinski definition) is 2. The van der Waals surface area contributed by atoms with Crippen molar-refractivity contribution < 1.29 is 4.79 Å². The Morgan fingerprint density at radius 3 is 2.94 bits per heavy atom. The van der Waals surface area contributed by atoms with E-state index >= 15 is 0 Å². The lowest BCUT2D eigenvalue weighted by Crippen LogP contribution is -2.26. The van der Waals surface area contributed by atoms with Crippen LogP contribution in [0.2, 0.25) is 0 Å². The van der Waals surface area contributed by atoms with Crippen LogP contribution in [-0.2, 0) is 4.79 Å². The molecule has 0 radical (unpaired) electrons. The summed E-state index contributed by atoms with van der Waals surface area (Å²) in [5, 5.41) is 3.02. The minimum atomic E-state index is 0.0209. The van der Waals surface area contributed by atoms with E-state index in [9.17, 15) is 4.79 Å². The fourth-order valence-electron chi connectivity index (χ4n) is 2.22. The fraction of sp³-hybridized carbons (Fsp3) is 0.467. The molecule has 1 N–H and O–H groups in total. The molecule has 96 valence electrons. The van der Waals surface area contributed by atoms with Crippen LogP contribution in [-0.4, -0.2) is 10.9 Å². The number of carbonyl (C=O) groups excluding carboxylic acids is 1. The molecule has 0 saturated heterocycles. The van der Waals surface area contributed by atoms with Crippen molar-refractivity contribution in [1.82, 2.24) is 10.3 Å². The number of nitrogens with zero attached hydrogens (tertiary/aromatic N) is 1. The monoisotopic (exact) mass is 244 g/mol. The average Bonchev–Trinajstić information content (AvgIpc) is 2.82. The third kappa shape index (κ3) is 3.42. The average molecular weight is 244 g/mol. The Morgan fingerprint density at radius 2 is 2.33 bits per heavy atom. The lowest BCUT2D eigenvalue weighted by Gasteiger charge is -2.14. The van der Waals surface area contributed by atoms with Gasteiger partial charge in [0.15, 0.2) is 0 Å². The number of amides is 1. The van der Waals surface area contributed by atoms with E-state index in [0.717, 1.165) is 24.1 Å². The highest BCUT2D eigenvalue weighted by Crippen LogP contribution is 2.21. The normalized spacial score (nSPS) is 16.2. The minimum absolute atomic E-state index is 0.0209. The van der Waals surface area contributed by atoms with Crippen LogP contribution in [0.4, 0.5) is 0 Å². The van der Waals surface area contributed by atoms with Crippen LogP contribution in [0.3, 0.4) is 0 Å². The first-order valence-electron chi connectivity index (χ1n) is 6.55. The standard InChI is InChI=1S/C15H20N2O/c1-11-7-8-14(10-16-11)12(2)17-15(18)9-13-5-3-4-6-13/h5,7-8,10,12H,3-4,6,9H2,1-2H3,(H,17,18). The molecule has 2 rings (SSSR count). The molecule has 0 bridgehead atoms. The highest BCUT2D eigenvalue weighted by Gasteiger charge is 2.13. The van der Waals surface area contributed by atoms with Crippen molar-refractivity contribution in [1.29, 1.82) is 0 Å². The maximum Gasteiger partial charge on any atom is 0.224 e. The zero-order chi connectivity index (χ0) is 13.0. The van der Waals surface area contributed by atoms with Gasteiger partial charge in [-0.1, -0.05) is 17.7 Å². The van der Waals surface area contributed by atoms with Crippen molar-refractivity contribution >= 4 is 5.91 Å². The third-order valence-corrected chi connectivity index (χ3v) is 3.33. The molecule has 1 aromatic heterocycles.